The minimum absolute atomic E-state index is 0.866. The summed E-state index contributed by atoms with van der Waals surface area (Å²) in [6.07, 6.45) is 8.64. The Kier molecular flexibility index (Phi) is 5.24. The van der Waals surface area contributed by atoms with E-state index in [4.69, 9.17) is 0 Å². The minimum Gasteiger partial charge on any atom is -0.303 e. The molecule has 0 unspecified atom stereocenters. The maximum absolute atomic E-state index is 3.49. The van der Waals surface area contributed by atoms with Crippen LogP contribution in [0.15, 0.2) is 0 Å². The van der Waals surface area contributed by atoms with Crippen molar-refractivity contribution >= 4 is 15.9 Å². The Morgan fingerprint density at radius 2 is 1.75 bits per heavy atom. The number of nitrogens with zero attached hydrogens (tertiary/aromatic N) is 1. The molecule has 1 fully saturated rings. The van der Waals surface area contributed by atoms with Gasteiger partial charge in [0.1, 0.15) is 0 Å². The molecule has 0 bridgehead atoms. The molecule has 0 heterocycles. The average Bonchev–Trinajstić information content (AvgIpc) is 2.32. The molecule has 1 aliphatic rings. The van der Waals surface area contributed by atoms with Crippen molar-refractivity contribution in [3.63, 3.8) is 0 Å². The van der Waals surface area contributed by atoms with Gasteiger partial charge in [-0.2, -0.15) is 0 Å². The van der Waals surface area contributed by atoms with Gasteiger partial charge in [0.2, 0.25) is 0 Å². The van der Waals surface area contributed by atoms with Crippen LogP contribution in [0.25, 0.3) is 0 Å². The van der Waals surface area contributed by atoms with E-state index < -0.39 is 0 Å². The van der Waals surface area contributed by atoms with Gasteiger partial charge in [-0.3, -0.25) is 0 Å². The number of hydrogen-bond acceptors (Lipinski definition) is 1. The summed E-state index contributed by atoms with van der Waals surface area (Å²) in [4.78, 5) is 2.51. The molecule has 1 rings (SSSR count). The Balaban J connectivity index is 2.27. The second-order valence-electron chi connectivity index (χ2n) is 3.81. The smallest absolute Gasteiger partial charge is 0.0159 e. The maximum atomic E-state index is 3.49. The molecule has 0 radical (unpaired) electrons. The Hall–Kier alpha value is 0.440. The highest BCUT2D eigenvalue weighted by atomic mass is 79.9. The van der Waals surface area contributed by atoms with E-state index in [0.717, 1.165) is 11.4 Å². The van der Waals surface area contributed by atoms with Gasteiger partial charge in [0.05, 0.1) is 0 Å². The van der Waals surface area contributed by atoms with E-state index in [0.29, 0.717) is 0 Å². The van der Waals surface area contributed by atoms with E-state index in [1.165, 1.54) is 45.1 Å². The minimum atomic E-state index is 0.866. The SMILES string of the molecule is CN(CCBr)C1CCCCCC1. The number of alkyl halides is 1. The zero-order valence-electron chi connectivity index (χ0n) is 8.06. The van der Waals surface area contributed by atoms with Crippen molar-refractivity contribution < 1.29 is 0 Å². The third-order valence-electron chi connectivity index (χ3n) is 2.89. The van der Waals surface area contributed by atoms with E-state index in [-0.39, 0.29) is 0 Å². The third kappa shape index (κ3) is 3.44. The molecule has 0 atom stereocenters. The molecule has 0 aromatic heterocycles. The third-order valence-corrected chi connectivity index (χ3v) is 3.24. The van der Waals surface area contributed by atoms with Gasteiger partial charge in [0, 0.05) is 17.9 Å². The predicted octanol–water partition coefficient (Wildman–Crippen LogP) is 3.04. The van der Waals surface area contributed by atoms with Crippen LogP contribution in [-0.2, 0) is 0 Å². The molecule has 0 amide bonds. The van der Waals surface area contributed by atoms with Gasteiger partial charge in [-0.1, -0.05) is 41.6 Å². The molecule has 0 aromatic rings. The highest BCUT2D eigenvalue weighted by Gasteiger charge is 2.15. The largest absolute Gasteiger partial charge is 0.303 e. The number of hydrogen-bond donors (Lipinski definition) is 0. The van der Waals surface area contributed by atoms with Gasteiger partial charge in [0.25, 0.3) is 0 Å². The molecule has 0 saturated heterocycles. The molecule has 0 aromatic carbocycles. The monoisotopic (exact) mass is 233 g/mol. The van der Waals surface area contributed by atoms with E-state index >= 15 is 0 Å². The molecule has 0 N–H and O–H groups in total. The lowest BCUT2D eigenvalue weighted by Gasteiger charge is -2.26. The van der Waals surface area contributed by atoms with Gasteiger partial charge in [-0.15, -0.1) is 0 Å². The topological polar surface area (TPSA) is 3.24 Å². The van der Waals surface area contributed by atoms with Crippen LogP contribution in [0, 0.1) is 0 Å². The van der Waals surface area contributed by atoms with Crippen LogP contribution in [0.5, 0.6) is 0 Å². The quantitative estimate of drug-likeness (QED) is 0.536. The van der Waals surface area contributed by atoms with Crippen molar-refractivity contribution in [1.29, 1.82) is 0 Å². The average molecular weight is 234 g/mol. The summed E-state index contributed by atoms with van der Waals surface area (Å²) in [5, 5.41) is 1.11. The molecule has 2 heteroatoms. The summed E-state index contributed by atoms with van der Waals surface area (Å²) in [5.41, 5.74) is 0. The Morgan fingerprint density at radius 3 is 2.25 bits per heavy atom. The zero-order chi connectivity index (χ0) is 8.81. The van der Waals surface area contributed by atoms with Crippen LogP contribution >= 0.6 is 15.9 Å². The lowest BCUT2D eigenvalue weighted by molar-refractivity contribution is 0.234. The lowest BCUT2D eigenvalue weighted by Crippen LogP contribution is -2.32. The Labute approximate surface area is 84.6 Å². The van der Waals surface area contributed by atoms with E-state index in [1.807, 2.05) is 0 Å². The summed E-state index contributed by atoms with van der Waals surface area (Å²) < 4.78 is 0. The van der Waals surface area contributed by atoms with E-state index in [2.05, 4.69) is 27.9 Å². The fourth-order valence-corrected chi connectivity index (χ4v) is 2.57. The van der Waals surface area contributed by atoms with Crippen molar-refractivity contribution in [3.8, 4) is 0 Å². The molecule has 0 spiro atoms. The van der Waals surface area contributed by atoms with Gasteiger partial charge < -0.3 is 4.90 Å². The van der Waals surface area contributed by atoms with Gasteiger partial charge in [-0.25, -0.2) is 0 Å². The van der Waals surface area contributed by atoms with E-state index in [1.54, 1.807) is 0 Å². The molecule has 1 saturated carbocycles. The van der Waals surface area contributed by atoms with Crippen molar-refractivity contribution in [2.45, 2.75) is 44.6 Å². The summed E-state index contributed by atoms with van der Waals surface area (Å²) in [5.74, 6) is 0. The molecular formula is C10H20BrN. The number of halogens is 1. The zero-order valence-corrected chi connectivity index (χ0v) is 9.65. The normalized spacial score (nSPS) is 21.2. The van der Waals surface area contributed by atoms with Crippen LogP contribution < -0.4 is 0 Å². The summed E-state index contributed by atoms with van der Waals surface area (Å²) >= 11 is 3.49. The van der Waals surface area contributed by atoms with Crippen LogP contribution in [-0.4, -0.2) is 29.9 Å². The number of rotatable bonds is 3. The predicted molar refractivity (Wildman–Crippen MR) is 57.9 cm³/mol. The molecule has 1 aliphatic carbocycles. The molecule has 1 nitrogen and oxygen atoms in total. The van der Waals surface area contributed by atoms with Crippen LogP contribution in [0.2, 0.25) is 0 Å². The van der Waals surface area contributed by atoms with E-state index in [9.17, 15) is 0 Å². The second kappa shape index (κ2) is 5.98. The van der Waals surface area contributed by atoms with Crippen LogP contribution in [0.4, 0.5) is 0 Å². The standard InChI is InChI=1S/C10H20BrN/c1-12(9-8-11)10-6-4-2-3-5-7-10/h10H,2-9H2,1H3. The molecule has 72 valence electrons. The fourth-order valence-electron chi connectivity index (χ4n) is 2.01. The summed E-state index contributed by atoms with van der Waals surface area (Å²) in [7, 11) is 2.26. The summed E-state index contributed by atoms with van der Waals surface area (Å²) in [6.45, 7) is 1.20. The first-order valence-electron chi connectivity index (χ1n) is 5.11. The molecular weight excluding hydrogens is 214 g/mol. The Morgan fingerprint density at radius 1 is 1.17 bits per heavy atom. The van der Waals surface area contributed by atoms with Crippen molar-refractivity contribution in [3.05, 3.63) is 0 Å². The first-order chi connectivity index (χ1) is 5.84. The molecule has 0 aliphatic heterocycles. The summed E-state index contributed by atoms with van der Waals surface area (Å²) in [6, 6.07) is 0.866. The maximum Gasteiger partial charge on any atom is 0.0159 e. The van der Waals surface area contributed by atoms with Crippen LogP contribution in [0.1, 0.15) is 38.5 Å². The van der Waals surface area contributed by atoms with Gasteiger partial charge in [-0.05, 0) is 19.9 Å². The van der Waals surface area contributed by atoms with Gasteiger partial charge >= 0.3 is 0 Å². The first-order valence-corrected chi connectivity index (χ1v) is 6.23. The van der Waals surface area contributed by atoms with Crippen molar-refractivity contribution in [1.82, 2.24) is 4.90 Å². The molecule has 12 heavy (non-hydrogen) atoms. The Bertz CT molecular complexity index is 108. The highest BCUT2D eigenvalue weighted by molar-refractivity contribution is 9.09. The van der Waals surface area contributed by atoms with Gasteiger partial charge in [0.15, 0.2) is 0 Å². The van der Waals surface area contributed by atoms with Crippen molar-refractivity contribution in [2.75, 3.05) is 18.9 Å². The highest BCUT2D eigenvalue weighted by Crippen LogP contribution is 2.20. The first kappa shape index (κ1) is 10.5. The second-order valence-corrected chi connectivity index (χ2v) is 4.61. The van der Waals surface area contributed by atoms with Crippen LogP contribution in [0.3, 0.4) is 0 Å². The lowest BCUT2D eigenvalue weighted by atomic mass is 10.1. The van der Waals surface area contributed by atoms with Crippen molar-refractivity contribution in [2.24, 2.45) is 0 Å². The fraction of sp³-hybridized carbons (Fsp3) is 1.00.